The number of H-pyrrole nitrogens is 1. The number of likely N-dealkylation sites (tertiary alicyclic amines) is 1. The monoisotopic (exact) mass is 358 g/mol. The number of fused-ring (bicyclic) bond motifs is 1. The Labute approximate surface area is 152 Å². The first-order valence-electron chi connectivity index (χ1n) is 9.20. The van der Waals surface area contributed by atoms with Crippen molar-refractivity contribution >= 4 is 5.91 Å². The van der Waals surface area contributed by atoms with Gasteiger partial charge in [0.25, 0.3) is 5.91 Å². The van der Waals surface area contributed by atoms with Crippen molar-refractivity contribution in [2.75, 3.05) is 13.7 Å². The molecule has 0 bridgehead atoms. The topological polar surface area (TPSA) is 88.9 Å². The molecule has 8 heteroatoms. The van der Waals surface area contributed by atoms with E-state index >= 15 is 0 Å². The minimum atomic E-state index is -0.124. The average Bonchev–Trinajstić information content (AvgIpc) is 3.33. The van der Waals surface area contributed by atoms with Gasteiger partial charge in [0.05, 0.1) is 12.1 Å². The molecular weight excluding hydrogens is 332 g/mol. The van der Waals surface area contributed by atoms with Gasteiger partial charge in [-0.1, -0.05) is 20.8 Å². The molecule has 0 saturated carbocycles. The minimum absolute atomic E-state index is 0.000619. The van der Waals surface area contributed by atoms with E-state index in [9.17, 15) is 4.79 Å². The van der Waals surface area contributed by atoms with Crippen LogP contribution in [0.15, 0.2) is 6.07 Å². The largest absolute Gasteiger partial charge is 0.380 e. The molecule has 1 fully saturated rings. The van der Waals surface area contributed by atoms with Gasteiger partial charge >= 0.3 is 0 Å². The van der Waals surface area contributed by atoms with Crippen LogP contribution in [-0.4, -0.2) is 55.5 Å². The van der Waals surface area contributed by atoms with Crippen LogP contribution < -0.4 is 0 Å². The summed E-state index contributed by atoms with van der Waals surface area (Å²) in [7, 11) is 1.69. The Balaban J connectivity index is 1.64. The van der Waals surface area contributed by atoms with Gasteiger partial charge in [0.2, 0.25) is 0 Å². The van der Waals surface area contributed by atoms with Gasteiger partial charge in [0.15, 0.2) is 5.82 Å². The van der Waals surface area contributed by atoms with Crippen molar-refractivity contribution < 1.29 is 9.53 Å². The zero-order chi connectivity index (χ0) is 18.5. The van der Waals surface area contributed by atoms with Gasteiger partial charge in [-0.05, 0) is 12.5 Å². The Bertz CT molecular complexity index is 818. The second-order valence-electron chi connectivity index (χ2n) is 8.21. The molecule has 8 nitrogen and oxygen atoms in total. The molecule has 0 radical (unpaired) electrons. The maximum absolute atomic E-state index is 13.2. The van der Waals surface area contributed by atoms with Crippen LogP contribution in [0.1, 0.15) is 67.5 Å². The van der Waals surface area contributed by atoms with Crippen molar-refractivity contribution in [3.8, 4) is 0 Å². The number of hydrogen-bond donors (Lipinski definition) is 1. The number of carbonyl (C=O) groups is 1. The zero-order valence-corrected chi connectivity index (χ0v) is 15.8. The van der Waals surface area contributed by atoms with Gasteiger partial charge < -0.3 is 14.2 Å². The molecule has 4 rings (SSSR count). The van der Waals surface area contributed by atoms with Crippen LogP contribution in [0.5, 0.6) is 0 Å². The first kappa shape index (κ1) is 17.2. The molecule has 4 heterocycles. The van der Waals surface area contributed by atoms with Crippen molar-refractivity contribution in [3.63, 3.8) is 0 Å². The summed E-state index contributed by atoms with van der Waals surface area (Å²) < 4.78 is 7.72. The molecule has 0 unspecified atom stereocenters. The van der Waals surface area contributed by atoms with Crippen molar-refractivity contribution in [1.82, 2.24) is 29.9 Å². The molecule has 2 aliphatic heterocycles. The highest BCUT2D eigenvalue weighted by molar-refractivity contribution is 5.93. The van der Waals surface area contributed by atoms with Gasteiger partial charge in [-0.3, -0.25) is 9.89 Å². The molecule has 2 aromatic rings. The van der Waals surface area contributed by atoms with E-state index in [1.165, 1.54) is 0 Å². The fourth-order valence-electron chi connectivity index (χ4n) is 3.82. The lowest BCUT2D eigenvalue weighted by atomic mass is 9.92. The number of nitrogens with zero attached hydrogens (tertiary/aromatic N) is 5. The summed E-state index contributed by atoms with van der Waals surface area (Å²) in [6.07, 6.45) is 2.77. The van der Waals surface area contributed by atoms with E-state index in [-0.39, 0.29) is 23.5 Å². The number of carbonyl (C=O) groups excluding carboxylic acids is 1. The summed E-state index contributed by atoms with van der Waals surface area (Å²) >= 11 is 0. The van der Waals surface area contributed by atoms with Gasteiger partial charge in [-0.25, -0.2) is 0 Å². The lowest BCUT2D eigenvalue weighted by Crippen LogP contribution is -2.33. The fourth-order valence-corrected chi connectivity index (χ4v) is 3.82. The first-order valence-corrected chi connectivity index (χ1v) is 9.20. The van der Waals surface area contributed by atoms with E-state index in [0.717, 1.165) is 43.1 Å². The highest BCUT2D eigenvalue weighted by atomic mass is 16.5. The summed E-state index contributed by atoms with van der Waals surface area (Å²) in [6, 6.07) is 1.73. The van der Waals surface area contributed by atoms with Gasteiger partial charge in [0.1, 0.15) is 11.5 Å². The predicted molar refractivity (Wildman–Crippen MR) is 94.8 cm³/mol. The SMILES string of the molecule is CO[C@@H]1C[C@@H](c2nnc3n2CCC3)N(C(=O)c2cc(C(C)(C)C)[nH]n2)C1. The van der Waals surface area contributed by atoms with E-state index in [0.29, 0.717) is 12.2 Å². The Morgan fingerprint density at radius 3 is 2.85 bits per heavy atom. The van der Waals surface area contributed by atoms with Crippen LogP contribution in [0.3, 0.4) is 0 Å². The number of hydrogen-bond acceptors (Lipinski definition) is 5. The Hall–Kier alpha value is -2.22. The van der Waals surface area contributed by atoms with E-state index in [1.807, 2.05) is 11.0 Å². The second kappa shape index (κ2) is 6.19. The molecule has 1 N–H and O–H groups in total. The normalized spacial score (nSPS) is 22.8. The summed E-state index contributed by atoms with van der Waals surface area (Å²) in [6.45, 7) is 7.74. The van der Waals surface area contributed by atoms with E-state index in [1.54, 1.807) is 7.11 Å². The standard InChI is InChI=1S/C18H26N6O2/c1-18(2,3)14-9-12(19-20-14)17(25)24-10-11(26-4)8-13(24)16-22-21-15-6-5-7-23(15)16/h9,11,13H,5-8,10H2,1-4H3,(H,19,20)/t11-,13+/m1/s1. The average molecular weight is 358 g/mol. The molecule has 2 atom stereocenters. The van der Waals surface area contributed by atoms with Gasteiger partial charge in [0, 0.05) is 44.1 Å². The predicted octanol–water partition coefficient (Wildman–Crippen LogP) is 1.85. The van der Waals surface area contributed by atoms with Gasteiger partial charge in [-0.15, -0.1) is 10.2 Å². The maximum atomic E-state index is 13.2. The number of rotatable bonds is 3. The molecule has 26 heavy (non-hydrogen) atoms. The second-order valence-corrected chi connectivity index (χ2v) is 8.21. The summed E-state index contributed by atoms with van der Waals surface area (Å²) in [5.74, 6) is 1.80. The smallest absolute Gasteiger partial charge is 0.275 e. The minimum Gasteiger partial charge on any atom is -0.380 e. The third kappa shape index (κ3) is 2.82. The molecule has 1 amide bonds. The summed E-state index contributed by atoms with van der Waals surface area (Å²) in [5, 5.41) is 16.0. The molecule has 0 aromatic carbocycles. The Morgan fingerprint density at radius 1 is 1.35 bits per heavy atom. The number of ether oxygens (including phenoxy) is 1. The molecule has 140 valence electrons. The lowest BCUT2D eigenvalue weighted by Gasteiger charge is -2.23. The quantitative estimate of drug-likeness (QED) is 0.904. The van der Waals surface area contributed by atoms with Crippen molar-refractivity contribution in [1.29, 1.82) is 0 Å². The molecule has 0 spiro atoms. The van der Waals surface area contributed by atoms with E-state index < -0.39 is 0 Å². The third-order valence-corrected chi connectivity index (χ3v) is 5.40. The summed E-state index contributed by atoms with van der Waals surface area (Å²) in [5.41, 5.74) is 1.31. The number of aromatic amines is 1. The van der Waals surface area contributed by atoms with Crippen LogP contribution in [0.4, 0.5) is 0 Å². The van der Waals surface area contributed by atoms with Gasteiger partial charge in [-0.2, -0.15) is 5.10 Å². The van der Waals surface area contributed by atoms with Crippen molar-refractivity contribution in [2.24, 2.45) is 0 Å². The van der Waals surface area contributed by atoms with Crippen LogP contribution >= 0.6 is 0 Å². The fraction of sp³-hybridized carbons (Fsp3) is 0.667. The molecule has 2 aromatic heterocycles. The highest BCUT2D eigenvalue weighted by Crippen LogP contribution is 2.35. The number of methoxy groups -OCH3 is 1. The molecule has 0 aliphatic carbocycles. The van der Waals surface area contributed by atoms with Crippen LogP contribution in [-0.2, 0) is 23.1 Å². The molecule has 2 aliphatic rings. The molecular formula is C18H26N6O2. The lowest BCUT2D eigenvalue weighted by molar-refractivity contribution is 0.0677. The first-order chi connectivity index (χ1) is 12.4. The third-order valence-electron chi connectivity index (χ3n) is 5.40. The Kier molecular flexibility index (Phi) is 4.10. The number of aryl methyl sites for hydroxylation is 1. The zero-order valence-electron chi connectivity index (χ0n) is 15.8. The number of nitrogens with one attached hydrogen (secondary N) is 1. The summed E-state index contributed by atoms with van der Waals surface area (Å²) in [4.78, 5) is 15.0. The van der Waals surface area contributed by atoms with Crippen LogP contribution in [0.25, 0.3) is 0 Å². The van der Waals surface area contributed by atoms with E-state index in [2.05, 4.69) is 45.7 Å². The number of aromatic nitrogens is 5. The maximum Gasteiger partial charge on any atom is 0.275 e. The highest BCUT2D eigenvalue weighted by Gasteiger charge is 2.41. The van der Waals surface area contributed by atoms with Crippen molar-refractivity contribution in [3.05, 3.63) is 29.1 Å². The molecule has 1 saturated heterocycles. The van der Waals surface area contributed by atoms with Crippen LogP contribution in [0.2, 0.25) is 0 Å². The van der Waals surface area contributed by atoms with Crippen molar-refractivity contribution in [2.45, 2.75) is 64.1 Å². The van der Waals surface area contributed by atoms with E-state index in [4.69, 9.17) is 4.74 Å². The number of amides is 1. The Morgan fingerprint density at radius 2 is 2.15 bits per heavy atom. The van der Waals surface area contributed by atoms with Crippen LogP contribution in [0, 0.1) is 0 Å².